The van der Waals surface area contributed by atoms with Gasteiger partial charge in [-0.1, -0.05) is 12.1 Å². The summed E-state index contributed by atoms with van der Waals surface area (Å²) in [6, 6.07) is 6.42. The fourth-order valence-electron chi connectivity index (χ4n) is 4.23. The summed E-state index contributed by atoms with van der Waals surface area (Å²) in [6.07, 6.45) is -0.861. The molecule has 0 radical (unpaired) electrons. The van der Waals surface area contributed by atoms with Crippen LogP contribution >= 0.6 is 0 Å². The van der Waals surface area contributed by atoms with Gasteiger partial charge in [-0.15, -0.1) is 0 Å². The SMILES string of the molecule is CC(O)[C@H]1C[C@@H](N2C(=O)c3ccccc3C2=O)[C@@H]2OC(C)(C)O[C@@H]21. The molecule has 128 valence electrons. The number of aliphatic hydroxyl groups is 1. The van der Waals surface area contributed by atoms with Crippen LogP contribution in [0.5, 0.6) is 0 Å². The summed E-state index contributed by atoms with van der Waals surface area (Å²) in [6.45, 7) is 5.33. The molecule has 1 aromatic carbocycles. The van der Waals surface area contributed by atoms with Crippen molar-refractivity contribution in [2.75, 3.05) is 0 Å². The maximum atomic E-state index is 12.8. The number of carbonyl (C=O) groups is 2. The van der Waals surface area contributed by atoms with Crippen molar-refractivity contribution in [3.8, 4) is 0 Å². The van der Waals surface area contributed by atoms with Gasteiger partial charge in [-0.2, -0.15) is 0 Å². The standard InChI is InChI=1S/C18H21NO5/c1-9(20)12-8-13(15-14(12)23-18(2,3)24-15)19-16(21)10-6-4-5-7-11(10)17(19)22/h4-7,9,12-15,20H,8H2,1-3H3/t9?,12-,13-,14-,15+/m1/s1. The van der Waals surface area contributed by atoms with E-state index in [-0.39, 0.29) is 23.8 Å². The van der Waals surface area contributed by atoms with E-state index < -0.39 is 24.0 Å². The average Bonchev–Trinajstić information content (AvgIpc) is 3.08. The molecule has 1 aliphatic carbocycles. The maximum absolute atomic E-state index is 12.8. The van der Waals surface area contributed by atoms with E-state index in [4.69, 9.17) is 9.47 Å². The van der Waals surface area contributed by atoms with Gasteiger partial charge in [0.05, 0.1) is 29.4 Å². The molecule has 0 bridgehead atoms. The Balaban J connectivity index is 1.70. The van der Waals surface area contributed by atoms with E-state index in [1.807, 2.05) is 13.8 Å². The van der Waals surface area contributed by atoms with Crippen molar-refractivity contribution in [2.45, 2.75) is 57.3 Å². The summed E-state index contributed by atoms with van der Waals surface area (Å²) in [4.78, 5) is 26.8. The molecule has 1 N–H and O–H groups in total. The zero-order chi connectivity index (χ0) is 17.2. The van der Waals surface area contributed by atoms with Crippen LogP contribution in [-0.4, -0.2) is 52.0 Å². The molecule has 5 atom stereocenters. The van der Waals surface area contributed by atoms with Crippen LogP contribution in [0, 0.1) is 5.92 Å². The highest BCUT2D eigenvalue weighted by molar-refractivity contribution is 6.21. The molecule has 1 saturated heterocycles. The number of ether oxygens (including phenoxy) is 2. The lowest BCUT2D eigenvalue weighted by Gasteiger charge is -2.28. The third kappa shape index (κ3) is 2.13. The predicted octanol–water partition coefficient (Wildman–Crippen LogP) is 1.57. The Kier molecular flexibility index (Phi) is 3.36. The Hall–Kier alpha value is -1.76. The first kappa shape index (κ1) is 15.7. The molecule has 1 unspecified atom stereocenters. The fraction of sp³-hybridized carbons (Fsp3) is 0.556. The van der Waals surface area contributed by atoms with E-state index in [9.17, 15) is 14.7 Å². The molecule has 4 rings (SSSR count). The molecule has 2 fully saturated rings. The lowest BCUT2D eigenvalue weighted by Crippen LogP contribution is -2.46. The third-order valence-electron chi connectivity index (χ3n) is 5.26. The molecule has 2 aliphatic heterocycles. The van der Waals surface area contributed by atoms with Crippen LogP contribution in [0.25, 0.3) is 0 Å². The van der Waals surface area contributed by atoms with E-state index >= 15 is 0 Å². The summed E-state index contributed by atoms with van der Waals surface area (Å²) < 4.78 is 11.9. The zero-order valence-electron chi connectivity index (χ0n) is 13.9. The first-order valence-electron chi connectivity index (χ1n) is 8.31. The number of imide groups is 1. The molecule has 6 heteroatoms. The van der Waals surface area contributed by atoms with E-state index in [0.29, 0.717) is 17.5 Å². The minimum absolute atomic E-state index is 0.175. The Morgan fingerprint density at radius 3 is 2.21 bits per heavy atom. The smallest absolute Gasteiger partial charge is 0.261 e. The molecular weight excluding hydrogens is 310 g/mol. The summed E-state index contributed by atoms with van der Waals surface area (Å²) in [7, 11) is 0. The predicted molar refractivity (Wildman–Crippen MR) is 84.3 cm³/mol. The van der Waals surface area contributed by atoms with Gasteiger partial charge in [0.25, 0.3) is 11.8 Å². The van der Waals surface area contributed by atoms with Crippen LogP contribution in [0.3, 0.4) is 0 Å². The van der Waals surface area contributed by atoms with Crippen LogP contribution in [0.15, 0.2) is 24.3 Å². The van der Waals surface area contributed by atoms with Gasteiger partial charge in [0.1, 0.15) is 6.10 Å². The number of benzene rings is 1. The average molecular weight is 331 g/mol. The molecule has 1 aromatic rings. The second kappa shape index (κ2) is 5.12. The molecule has 3 aliphatic rings. The van der Waals surface area contributed by atoms with E-state index in [2.05, 4.69) is 0 Å². The number of carbonyl (C=O) groups excluding carboxylic acids is 2. The number of fused-ring (bicyclic) bond motifs is 2. The quantitative estimate of drug-likeness (QED) is 0.833. The van der Waals surface area contributed by atoms with Crippen molar-refractivity contribution in [3.05, 3.63) is 35.4 Å². The topological polar surface area (TPSA) is 76.1 Å². The van der Waals surface area contributed by atoms with Gasteiger partial charge >= 0.3 is 0 Å². The number of rotatable bonds is 2. The number of nitrogens with zero attached hydrogens (tertiary/aromatic N) is 1. The number of aliphatic hydroxyl groups excluding tert-OH is 1. The Labute approximate surface area is 140 Å². The number of hydrogen-bond donors (Lipinski definition) is 1. The van der Waals surface area contributed by atoms with Crippen LogP contribution in [0.2, 0.25) is 0 Å². The fourth-order valence-corrected chi connectivity index (χ4v) is 4.23. The monoisotopic (exact) mass is 331 g/mol. The van der Waals surface area contributed by atoms with Gasteiger partial charge in [-0.3, -0.25) is 14.5 Å². The van der Waals surface area contributed by atoms with Crippen molar-refractivity contribution in [3.63, 3.8) is 0 Å². The van der Waals surface area contributed by atoms with Gasteiger partial charge in [0.2, 0.25) is 0 Å². The zero-order valence-corrected chi connectivity index (χ0v) is 13.9. The normalized spacial score (nSPS) is 35.2. The second-order valence-electron chi connectivity index (χ2n) is 7.30. The largest absolute Gasteiger partial charge is 0.393 e. The van der Waals surface area contributed by atoms with Crippen LogP contribution in [-0.2, 0) is 9.47 Å². The molecule has 0 spiro atoms. The Morgan fingerprint density at radius 1 is 1.12 bits per heavy atom. The van der Waals surface area contributed by atoms with Gasteiger partial charge < -0.3 is 14.6 Å². The van der Waals surface area contributed by atoms with Gasteiger partial charge in [-0.05, 0) is 39.3 Å². The first-order valence-corrected chi connectivity index (χ1v) is 8.31. The van der Waals surface area contributed by atoms with Gasteiger partial charge in [0.15, 0.2) is 5.79 Å². The molecule has 1 saturated carbocycles. The lowest BCUT2D eigenvalue weighted by molar-refractivity contribution is -0.164. The molecule has 6 nitrogen and oxygen atoms in total. The highest BCUT2D eigenvalue weighted by Crippen LogP contribution is 2.46. The van der Waals surface area contributed by atoms with Crippen LogP contribution in [0.1, 0.15) is 47.9 Å². The van der Waals surface area contributed by atoms with Crippen molar-refractivity contribution < 1.29 is 24.2 Å². The molecule has 0 aromatic heterocycles. The van der Waals surface area contributed by atoms with Crippen molar-refractivity contribution in [1.82, 2.24) is 4.90 Å². The highest BCUT2D eigenvalue weighted by Gasteiger charge is 2.59. The van der Waals surface area contributed by atoms with Crippen molar-refractivity contribution >= 4 is 11.8 Å². The van der Waals surface area contributed by atoms with Crippen LogP contribution < -0.4 is 0 Å². The van der Waals surface area contributed by atoms with E-state index in [1.54, 1.807) is 31.2 Å². The van der Waals surface area contributed by atoms with E-state index in [1.165, 1.54) is 4.90 Å². The van der Waals surface area contributed by atoms with Gasteiger partial charge in [0, 0.05) is 5.92 Å². The minimum Gasteiger partial charge on any atom is -0.393 e. The highest BCUT2D eigenvalue weighted by atomic mass is 16.8. The Bertz CT molecular complexity index is 678. The van der Waals surface area contributed by atoms with E-state index in [0.717, 1.165) is 0 Å². The first-order chi connectivity index (χ1) is 11.3. The van der Waals surface area contributed by atoms with Gasteiger partial charge in [-0.25, -0.2) is 0 Å². The molecule has 2 heterocycles. The second-order valence-corrected chi connectivity index (χ2v) is 7.30. The Morgan fingerprint density at radius 2 is 1.67 bits per heavy atom. The molecule has 24 heavy (non-hydrogen) atoms. The summed E-state index contributed by atoms with van der Waals surface area (Å²) >= 11 is 0. The maximum Gasteiger partial charge on any atom is 0.261 e. The lowest BCUT2D eigenvalue weighted by atomic mass is 9.99. The summed E-state index contributed by atoms with van der Waals surface area (Å²) in [5.74, 6) is -1.55. The number of amides is 2. The van der Waals surface area contributed by atoms with Crippen LogP contribution in [0.4, 0.5) is 0 Å². The van der Waals surface area contributed by atoms with Crippen molar-refractivity contribution in [1.29, 1.82) is 0 Å². The molecule has 2 amide bonds. The minimum atomic E-state index is -0.792. The summed E-state index contributed by atoms with van der Waals surface area (Å²) in [5.41, 5.74) is 0.857. The summed E-state index contributed by atoms with van der Waals surface area (Å²) in [5, 5.41) is 10.1. The van der Waals surface area contributed by atoms with Crippen molar-refractivity contribution in [2.24, 2.45) is 5.92 Å². The number of hydrogen-bond acceptors (Lipinski definition) is 5. The third-order valence-corrected chi connectivity index (χ3v) is 5.26. The molecular formula is C18H21NO5.